The molecule has 1 aromatic carbocycles. The van der Waals surface area contributed by atoms with Crippen LogP contribution < -0.4 is 10.3 Å². The van der Waals surface area contributed by atoms with E-state index in [1.807, 2.05) is 19.1 Å². The number of ether oxygens (including phenoxy) is 1. The summed E-state index contributed by atoms with van der Waals surface area (Å²) < 4.78 is 42.5. The van der Waals surface area contributed by atoms with Crippen molar-refractivity contribution in [2.24, 2.45) is 0 Å². The lowest BCUT2D eigenvalue weighted by molar-refractivity contribution is -0.153. The molecule has 2 aromatic heterocycles. The van der Waals surface area contributed by atoms with Crippen LogP contribution in [0, 0.1) is 6.92 Å². The maximum absolute atomic E-state index is 12.2. The van der Waals surface area contributed by atoms with E-state index in [2.05, 4.69) is 9.84 Å². The van der Waals surface area contributed by atoms with Gasteiger partial charge in [-0.2, -0.15) is 18.3 Å². The highest BCUT2D eigenvalue weighted by Gasteiger charge is 2.28. The maximum Gasteiger partial charge on any atom is 0.422 e. The molecule has 136 valence electrons. The number of rotatable bonds is 5. The number of alkyl halides is 3. The Bertz CT molecular complexity index is 946. The molecule has 0 spiro atoms. The van der Waals surface area contributed by atoms with E-state index in [0.29, 0.717) is 5.69 Å². The van der Waals surface area contributed by atoms with Gasteiger partial charge in [-0.25, -0.2) is 4.68 Å². The normalized spacial score (nSPS) is 11.5. The monoisotopic (exact) mass is 380 g/mol. The third-order valence-electron chi connectivity index (χ3n) is 3.52. The van der Waals surface area contributed by atoms with Crippen molar-refractivity contribution in [1.82, 2.24) is 9.78 Å². The largest absolute Gasteiger partial charge is 0.484 e. The molecule has 0 N–H and O–H groups in total. The highest BCUT2D eigenvalue weighted by Crippen LogP contribution is 2.25. The molecule has 3 rings (SSSR count). The molecule has 0 saturated heterocycles. The molecule has 4 nitrogen and oxygen atoms in total. The Kier molecular flexibility index (Phi) is 5.13. The van der Waals surface area contributed by atoms with Crippen molar-refractivity contribution in [2.45, 2.75) is 19.6 Å². The van der Waals surface area contributed by atoms with E-state index < -0.39 is 12.8 Å². The minimum absolute atomic E-state index is 0.120. The van der Waals surface area contributed by atoms with Crippen LogP contribution in [0.2, 0.25) is 0 Å². The van der Waals surface area contributed by atoms with Gasteiger partial charge in [-0.1, -0.05) is 12.1 Å². The van der Waals surface area contributed by atoms with Gasteiger partial charge in [0, 0.05) is 10.9 Å². The van der Waals surface area contributed by atoms with Crippen LogP contribution in [0.25, 0.3) is 10.6 Å². The summed E-state index contributed by atoms with van der Waals surface area (Å²) in [6.07, 6.45) is -4.38. The zero-order chi connectivity index (χ0) is 18.7. The summed E-state index contributed by atoms with van der Waals surface area (Å²) in [4.78, 5) is 14.2. The van der Waals surface area contributed by atoms with Gasteiger partial charge < -0.3 is 4.74 Å². The van der Waals surface area contributed by atoms with Crippen molar-refractivity contribution >= 4 is 11.3 Å². The fourth-order valence-electron chi connectivity index (χ4n) is 2.29. The second-order valence-corrected chi connectivity index (χ2v) is 6.96. The summed E-state index contributed by atoms with van der Waals surface area (Å²) in [5, 5.41) is 4.38. The summed E-state index contributed by atoms with van der Waals surface area (Å²) in [5.74, 6) is 0.120. The van der Waals surface area contributed by atoms with E-state index >= 15 is 0 Å². The Morgan fingerprint density at radius 2 is 1.81 bits per heavy atom. The lowest BCUT2D eigenvalue weighted by Gasteiger charge is -2.10. The topological polar surface area (TPSA) is 44.1 Å². The number of thiophene rings is 1. The van der Waals surface area contributed by atoms with Gasteiger partial charge in [0.2, 0.25) is 0 Å². The van der Waals surface area contributed by atoms with Crippen LogP contribution in [0.3, 0.4) is 0 Å². The molecule has 0 aliphatic carbocycles. The Morgan fingerprint density at radius 3 is 2.42 bits per heavy atom. The first-order chi connectivity index (χ1) is 12.3. The quantitative estimate of drug-likeness (QED) is 0.664. The Morgan fingerprint density at radius 1 is 1.08 bits per heavy atom. The number of hydrogen-bond acceptors (Lipinski definition) is 4. The molecule has 0 radical (unpaired) electrons. The Hall–Kier alpha value is -2.61. The van der Waals surface area contributed by atoms with Crippen molar-refractivity contribution in [3.63, 3.8) is 0 Å². The molecular formula is C18H15F3N2O2S. The third kappa shape index (κ3) is 4.72. The van der Waals surface area contributed by atoms with Crippen LogP contribution in [0.5, 0.6) is 5.75 Å². The van der Waals surface area contributed by atoms with Gasteiger partial charge in [-0.05, 0) is 42.8 Å². The van der Waals surface area contributed by atoms with Crippen molar-refractivity contribution in [1.29, 1.82) is 0 Å². The fourth-order valence-corrected chi connectivity index (χ4v) is 3.13. The smallest absolute Gasteiger partial charge is 0.422 e. The highest BCUT2D eigenvalue weighted by atomic mass is 32.1. The first kappa shape index (κ1) is 18.2. The minimum Gasteiger partial charge on any atom is -0.484 e. The third-order valence-corrected chi connectivity index (χ3v) is 4.54. The molecule has 0 unspecified atom stereocenters. The van der Waals surface area contributed by atoms with Crippen molar-refractivity contribution in [3.8, 4) is 16.3 Å². The van der Waals surface area contributed by atoms with Gasteiger partial charge in [0.15, 0.2) is 6.61 Å². The van der Waals surface area contributed by atoms with Gasteiger partial charge in [0.05, 0.1) is 11.4 Å². The fraction of sp³-hybridized carbons (Fsp3) is 0.222. The van der Waals surface area contributed by atoms with Gasteiger partial charge in [-0.3, -0.25) is 4.79 Å². The van der Waals surface area contributed by atoms with E-state index in [1.165, 1.54) is 22.9 Å². The van der Waals surface area contributed by atoms with Crippen LogP contribution in [0.4, 0.5) is 13.2 Å². The molecule has 8 heteroatoms. The SMILES string of the molecule is Cc1ccc(-c2ccc(=O)n(Cc3ccc(OCC(F)(F)F)cc3)n2)s1. The van der Waals surface area contributed by atoms with E-state index in [1.54, 1.807) is 29.5 Å². The summed E-state index contributed by atoms with van der Waals surface area (Å²) in [7, 11) is 0. The van der Waals surface area contributed by atoms with E-state index in [4.69, 9.17) is 0 Å². The summed E-state index contributed by atoms with van der Waals surface area (Å²) >= 11 is 1.58. The summed E-state index contributed by atoms with van der Waals surface area (Å²) in [6.45, 7) is 0.874. The van der Waals surface area contributed by atoms with Crippen molar-refractivity contribution in [3.05, 3.63) is 69.3 Å². The average molecular weight is 380 g/mol. The summed E-state index contributed by atoms with van der Waals surface area (Å²) in [5.41, 5.74) is 1.19. The molecule has 0 aliphatic rings. The number of nitrogens with zero attached hydrogens (tertiary/aromatic N) is 2. The molecule has 0 bridgehead atoms. The zero-order valence-electron chi connectivity index (χ0n) is 13.8. The van der Waals surface area contributed by atoms with Crippen LogP contribution in [0.15, 0.2) is 53.3 Å². The molecule has 0 amide bonds. The van der Waals surface area contributed by atoms with Crippen molar-refractivity contribution < 1.29 is 17.9 Å². The predicted molar refractivity (Wildman–Crippen MR) is 93.6 cm³/mol. The second-order valence-electron chi connectivity index (χ2n) is 5.67. The van der Waals surface area contributed by atoms with E-state index in [9.17, 15) is 18.0 Å². The minimum atomic E-state index is -4.38. The van der Waals surface area contributed by atoms with Crippen LogP contribution >= 0.6 is 11.3 Å². The van der Waals surface area contributed by atoms with E-state index in [0.717, 1.165) is 15.3 Å². The lowest BCUT2D eigenvalue weighted by atomic mass is 10.2. The average Bonchev–Trinajstić information content (AvgIpc) is 3.02. The standard InChI is InChI=1S/C18H15F3N2O2S/c1-12-2-8-16(26-12)15-7-9-17(24)23(22-15)10-13-3-5-14(6-4-13)25-11-18(19,20)21/h2-9H,10-11H2,1H3. The number of hydrogen-bond donors (Lipinski definition) is 0. The van der Waals surface area contributed by atoms with Crippen molar-refractivity contribution in [2.75, 3.05) is 6.61 Å². The molecule has 0 atom stereocenters. The van der Waals surface area contributed by atoms with Gasteiger partial charge in [0.25, 0.3) is 5.56 Å². The summed E-state index contributed by atoms with van der Waals surface area (Å²) in [6, 6.07) is 13.2. The van der Waals surface area contributed by atoms with Crippen LogP contribution in [0.1, 0.15) is 10.4 Å². The predicted octanol–water partition coefficient (Wildman–Crippen LogP) is 4.27. The molecule has 26 heavy (non-hydrogen) atoms. The van der Waals surface area contributed by atoms with Gasteiger partial charge in [-0.15, -0.1) is 11.3 Å². The molecule has 2 heterocycles. The number of aromatic nitrogens is 2. The maximum atomic E-state index is 12.2. The second kappa shape index (κ2) is 7.33. The number of benzene rings is 1. The Balaban J connectivity index is 1.75. The molecule has 0 fully saturated rings. The molecular weight excluding hydrogens is 365 g/mol. The number of aryl methyl sites for hydroxylation is 1. The number of halogens is 3. The lowest BCUT2D eigenvalue weighted by Crippen LogP contribution is -2.22. The first-order valence-electron chi connectivity index (χ1n) is 7.74. The van der Waals surface area contributed by atoms with E-state index in [-0.39, 0.29) is 17.9 Å². The first-order valence-corrected chi connectivity index (χ1v) is 8.55. The molecule has 0 aliphatic heterocycles. The molecule has 3 aromatic rings. The van der Waals surface area contributed by atoms with Gasteiger partial charge in [0.1, 0.15) is 11.4 Å². The van der Waals surface area contributed by atoms with Crippen LogP contribution in [-0.2, 0) is 6.54 Å². The highest BCUT2D eigenvalue weighted by molar-refractivity contribution is 7.15. The van der Waals surface area contributed by atoms with Crippen LogP contribution in [-0.4, -0.2) is 22.6 Å². The zero-order valence-corrected chi connectivity index (χ0v) is 14.6. The Labute approximate surface area is 151 Å². The van der Waals surface area contributed by atoms with Gasteiger partial charge >= 0.3 is 6.18 Å². The molecule has 0 saturated carbocycles.